The molecule has 1 unspecified atom stereocenters. The van der Waals surface area contributed by atoms with Crippen LogP contribution in [0.25, 0.3) is 0 Å². The molecular formula is C18H34N2O2. The van der Waals surface area contributed by atoms with Gasteiger partial charge in [-0.05, 0) is 31.5 Å². The van der Waals surface area contributed by atoms with E-state index in [-0.39, 0.29) is 11.2 Å². The third-order valence-electron chi connectivity index (χ3n) is 4.71. The standard InChI is InChI=1S/C15H26N2O2.C3H8/c1-10(2)14(4)12(11(3)9-16)13(17)15(19-14)5-7-18-8-6-15;1-3-2/h9-10H,5-8,16-17H2,1-4H3;3H2,1-2H3/b11-9-;. The summed E-state index contributed by atoms with van der Waals surface area (Å²) < 4.78 is 12.0. The van der Waals surface area contributed by atoms with Gasteiger partial charge in [0.1, 0.15) is 5.60 Å². The van der Waals surface area contributed by atoms with Crippen LogP contribution < -0.4 is 11.5 Å². The Morgan fingerprint density at radius 1 is 1.27 bits per heavy atom. The Labute approximate surface area is 135 Å². The highest BCUT2D eigenvalue weighted by atomic mass is 16.5. The first-order chi connectivity index (χ1) is 10.3. The van der Waals surface area contributed by atoms with E-state index >= 15 is 0 Å². The van der Waals surface area contributed by atoms with Crippen LogP contribution in [0, 0.1) is 5.92 Å². The molecule has 1 saturated heterocycles. The predicted molar refractivity (Wildman–Crippen MR) is 92.2 cm³/mol. The fraction of sp³-hybridized carbons (Fsp3) is 0.778. The van der Waals surface area contributed by atoms with E-state index in [1.54, 1.807) is 6.20 Å². The van der Waals surface area contributed by atoms with E-state index in [2.05, 4.69) is 34.6 Å². The summed E-state index contributed by atoms with van der Waals surface area (Å²) in [7, 11) is 0. The molecular weight excluding hydrogens is 276 g/mol. The summed E-state index contributed by atoms with van der Waals surface area (Å²) in [5.41, 5.74) is 14.4. The molecule has 1 spiro atoms. The van der Waals surface area contributed by atoms with Crippen LogP contribution in [0.15, 0.2) is 23.0 Å². The lowest BCUT2D eigenvalue weighted by molar-refractivity contribution is -0.145. The zero-order valence-electron chi connectivity index (χ0n) is 15.2. The molecule has 4 nitrogen and oxygen atoms in total. The van der Waals surface area contributed by atoms with Gasteiger partial charge in [0.15, 0.2) is 0 Å². The maximum atomic E-state index is 6.51. The van der Waals surface area contributed by atoms with Gasteiger partial charge in [-0.2, -0.15) is 0 Å². The summed E-state index contributed by atoms with van der Waals surface area (Å²) >= 11 is 0. The summed E-state index contributed by atoms with van der Waals surface area (Å²) in [5, 5.41) is 0. The molecule has 22 heavy (non-hydrogen) atoms. The topological polar surface area (TPSA) is 70.5 Å². The van der Waals surface area contributed by atoms with E-state index in [9.17, 15) is 0 Å². The molecule has 0 aromatic heterocycles. The molecule has 128 valence electrons. The summed E-state index contributed by atoms with van der Waals surface area (Å²) in [5.74, 6) is 0.332. The van der Waals surface area contributed by atoms with Crippen molar-refractivity contribution in [2.45, 2.75) is 72.0 Å². The molecule has 0 bridgehead atoms. The van der Waals surface area contributed by atoms with Gasteiger partial charge in [0.2, 0.25) is 0 Å². The van der Waals surface area contributed by atoms with Gasteiger partial charge < -0.3 is 20.9 Å². The third-order valence-corrected chi connectivity index (χ3v) is 4.71. The van der Waals surface area contributed by atoms with Crippen LogP contribution in [0.2, 0.25) is 0 Å². The molecule has 2 rings (SSSR count). The van der Waals surface area contributed by atoms with Gasteiger partial charge >= 0.3 is 0 Å². The smallest absolute Gasteiger partial charge is 0.113 e. The number of nitrogens with two attached hydrogens (primary N) is 2. The molecule has 4 heteroatoms. The van der Waals surface area contributed by atoms with Crippen LogP contribution in [0.5, 0.6) is 0 Å². The fourth-order valence-electron chi connectivity index (χ4n) is 3.17. The predicted octanol–water partition coefficient (Wildman–Crippen LogP) is 3.47. The maximum Gasteiger partial charge on any atom is 0.113 e. The van der Waals surface area contributed by atoms with Gasteiger partial charge in [-0.1, -0.05) is 34.1 Å². The van der Waals surface area contributed by atoms with Crippen LogP contribution in [0.3, 0.4) is 0 Å². The van der Waals surface area contributed by atoms with Gasteiger partial charge in [-0.3, -0.25) is 0 Å². The highest BCUT2D eigenvalue weighted by Crippen LogP contribution is 2.50. The van der Waals surface area contributed by atoms with Crippen molar-refractivity contribution < 1.29 is 9.47 Å². The van der Waals surface area contributed by atoms with Gasteiger partial charge in [-0.15, -0.1) is 0 Å². The van der Waals surface area contributed by atoms with Crippen molar-refractivity contribution in [3.05, 3.63) is 23.0 Å². The van der Waals surface area contributed by atoms with Gasteiger partial charge in [0.05, 0.1) is 5.60 Å². The van der Waals surface area contributed by atoms with Crippen LogP contribution in [-0.2, 0) is 9.47 Å². The first kappa shape index (κ1) is 19.0. The second kappa shape index (κ2) is 7.51. The molecule has 1 atom stereocenters. The van der Waals surface area contributed by atoms with E-state index in [4.69, 9.17) is 20.9 Å². The van der Waals surface area contributed by atoms with E-state index in [0.29, 0.717) is 19.1 Å². The van der Waals surface area contributed by atoms with Gasteiger partial charge in [-0.25, -0.2) is 0 Å². The van der Waals surface area contributed by atoms with Crippen LogP contribution in [-0.4, -0.2) is 24.4 Å². The Hall–Kier alpha value is -1.00. The Kier molecular flexibility index (Phi) is 6.50. The van der Waals surface area contributed by atoms with E-state index in [1.165, 1.54) is 6.42 Å². The van der Waals surface area contributed by atoms with Crippen LogP contribution in [0.1, 0.15) is 60.8 Å². The van der Waals surface area contributed by atoms with Gasteiger partial charge in [0, 0.05) is 37.3 Å². The molecule has 0 aliphatic carbocycles. The lowest BCUT2D eigenvalue weighted by Gasteiger charge is -2.39. The first-order valence-electron chi connectivity index (χ1n) is 8.46. The van der Waals surface area contributed by atoms with Crippen molar-refractivity contribution in [2.24, 2.45) is 17.4 Å². The molecule has 2 heterocycles. The number of hydrogen-bond acceptors (Lipinski definition) is 4. The molecule has 0 radical (unpaired) electrons. The Bertz CT molecular complexity index is 434. The molecule has 0 saturated carbocycles. The molecule has 0 amide bonds. The van der Waals surface area contributed by atoms with E-state index in [0.717, 1.165) is 29.7 Å². The van der Waals surface area contributed by atoms with Gasteiger partial charge in [0.25, 0.3) is 0 Å². The average Bonchev–Trinajstić information content (AvgIpc) is 2.69. The molecule has 4 N–H and O–H groups in total. The van der Waals surface area contributed by atoms with Crippen molar-refractivity contribution in [3.8, 4) is 0 Å². The molecule has 2 aliphatic rings. The highest BCUT2D eigenvalue weighted by molar-refractivity contribution is 5.47. The third kappa shape index (κ3) is 3.33. The minimum Gasteiger partial charge on any atom is -0.404 e. The van der Waals surface area contributed by atoms with Crippen LogP contribution >= 0.6 is 0 Å². The molecule has 0 aromatic carbocycles. The van der Waals surface area contributed by atoms with Crippen molar-refractivity contribution in [1.82, 2.24) is 0 Å². The van der Waals surface area contributed by atoms with Crippen LogP contribution in [0.4, 0.5) is 0 Å². The quantitative estimate of drug-likeness (QED) is 0.819. The van der Waals surface area contributed by atoms with Crippen molar-refractivity contribution in [2.75, 3.05) is 13.2 Å². The second-order valence-corrected chi connectivity index (χ2v) is 6.82. The monoisotopic (exact) mass is 310 g/mol. The van der Waals surface area contributed by atoms with Crippen molar-refractivity contribution in [1.29, 1.82) is 0 Å². The normalized spacial score (nSPS) is 28.0. The molecule has 2 aliphatic heterocycles. The molecule has 0 aromatic rings. The lowest BCUT2D eigenvalue weighted by Crippen LogP contribution is -2.45. The highest BCUT2D eigenvalue weighted by Gasteiger charge is 2.53. The van der Waals surface area contributed by atoms with Crippen molar-refractivity contribution in [3.63, 3.8) is 0 Å². The minimum atomic E-state index is -0.374. The summed E-state index contributed by atoms with van der Waals surface area (Å²) in [6, 6.07) is 0. The average molecular weight is 310 g/mol. The number of ether oxygens (including phenoxy) is 2. The zero-order chi connectivity index (χ0) is 17.0. The Morgan fingerprint density at radius 2 is 1.77 bits per heavy atom. The van der Waals surface area contributed by atoms with Crippen molar-refractivity contribution >= 4 is 0 Å². The number of hydrogen-bond donors (Lipinski definition) is 2. The zero-order valence-corrected chi connectivity index (χ0v) is 15.2. The maximum absolute atomic E-state index is 6.51. The SMILES string of the molecule is C/C(=C/N)C1=C(N)C2(CCOCC2)OC1(C)C(C)C.CCC. The summed E-state index contributed by atoms with van der Waals surface area (Å²) in [6.45, 7) is 14.1. The summed E-state index contributed by atoms with van der Waals surface area (Å²) in [4.78, 5) is 0. The number of rotatable bonds is 2. The summed E-state index contributed by atoms with van der Waals surface area (Å²) in [6.07, 6.45) is 4.52. The fourth-order valence-corrected chi connectivity index (χ4v) is 3.17. The molecule has 1 fully saturated rings. The first-order valence-corrected chi connectivity index (χ1v) is 8.46. The lowest BCUT2D eigenvalue weighted by atomic mass is 9.80. The Morgan fingerprint density at radius 3 is 2.18 bits per heavy atom. The Balaban J connectivity index is 0.000000745. The van der Waals surface area contributed by atoms with E-state index in [1.807, 2.05) is 6.92 Å². The second-order valence-electron chi connectivity index (χ2n) is 6.82. The largest absolute Gasteiger partial charge is 0.404 e. The van der Waals surface area contributed by atoms with E-state index < -0.39 is 0 Å². The minimum absolute atomic E-state index is 0.332.